The van der Waals surface area contributed by atoms with Crippen LogP contribution in [0.2, 0.25) is 0 Å². The molecule has 0 saturated carbocycles. The van der Waals surface area contributed by atoms with Gasteiger partial charge in [-0.05, 0) is 24.6 Å². The molecule has 0 fully saturated rings. The number of thiophene rings is 1. The number of anilines is 1. The first-order valence-corrected chi connectivity index (χ1v) is 6.26. The van der Waals surface area contributed by atoms with Gasteiger partial charge in [-0.15, -0.1) is 11.3 Å². The number of rotatable bonds is 1. The van der Waals surface area contributed by atoms with Gasteiger partial charge in [0.2, 0.25) is 0 Å². The molecule has 0 aliphatic heterocycles. The zero-order valence-corrected chi connectivity index (χ0v) is 10.7. The fourth-order valence-electron chi connectivity index (χ4n) is 1.17. The molecule has 0 amide bonds. The average Bonchev–Trinajstić information content (AvgIpc) is 2.79. The van der Waals surface area contributed by atoms with Gasteiger partial charge in [-0.25, -0.2) is 0 Å². The molecule has 2 rings (SSSR count). The van der Waals surface area contributed by atoms with Gasteiger partial charge in [0.1, 0.15) is 0 Å². The Kier molecular flexibility index (Phi) is 5.22. The summed E-state index contributed by atoms with van der Waals surface area (Å²) in [6, 6.07) is 10.7. The first kappa shape index (κ1) is 14.6. The van der Waals surface area contributed by atoms with E-state index >= 15 is 0 Å². The van der Waals surface area contributed by atoms with Crippen LogP contribution in [0, 0.1) is 0 Å². The third-order valence-electron chi connectivity index (χ3n) is 2.13. The SMILES string of the molecule is CCc1cc(C(F)(F)F)cs1.Nc1ccccc1. The van der Waals surface area contributed by atoms with Crippen LogP contribution in [0.4, 0.5) is 18.9 Å². The number of alkyl halides is 3. The minimum Gasteiger partial charge on any atom is -0.399 e. The molecule has 0 unspecified atom stereocenters. The second-order valence-electron chi connectivity index (χ2n) is 3.56. The van der Waals surface area contributed by atoms with Crippen molar-refractivity contribution in [3.8, 4) is 0 Å². The van der Waals surface area contributed by atoms with Crippen molar-refractivity contribution in [2.45, 2.75) is 19.5 Å². The number of benzene rings is 1. The lowest BCUT2D eigenvalue weighted by molar-refractivity contribution is -0.137. The first-order valence-electron chi connectivity index (χ1n) is 5.38. The lowest BCUT2D eigenvalue weighted by Gasteiger charge is -2.00. The second kappa shape index (κ2) is 6.44. The van der Waals surface area contributed by atoms with Crippen molar-refractivity contribution < 1.29 is 13.2 Å². The van der Waals surface area contributed by atoms with Gasteiger partial charge in [-0.3, -0.25) is 0 Å². The summed E-state index contributed by atoms with van der Waals surface area (Å²) in [6.07, 6.45) is -3.51. The van der Waals surface area contributed by atoms with E-state index in [9.17, 15) is 13.2 Å². The summed E-state index contributed by atoms with van der Waals surface area (Å²) in [5.41, 5.74) is 5.65. The normalized spacial score (nSPS) is 10.7. The summed E-state index contributed by atoms with van der Waals surface area (Å²) < 4.78 is 35.8. The van der Waals surface area contributed by atoms with Crippen LogP contribution in [0.1, 0.15) is 17.4 Å². The van der Waals surface area contributed by atoms with E-state index in [4.69, 9.17) is 5.73 Å². The van der Waals surface area contributed by atoms with E-state index in [0.29, 0.717) is 6.42 Å². The third kappa shape index (κ3) is 4.79. The van der Waals surface area contributed by atoms with Gasteiger partial charge in [0.15, 0.2) is 0 Å². The predicted molar refractivity (Wildman–Crippen MR) is 69.6 cm³/mol. The standard InChI is InChI=1S/C7H7F3S.C6H7N/c1-2-6-3-5(4-11-6)7(8,9)10;7-6-4-2-1-3-5-6/h3-4H,2H2,1H3;1-5H,7H2. The van der Waals surface area contributed by atoms with E-state index in [0.717, 1.165) is 27.3 Å². The summed E-state index contributed by atoms with van der Waals surface area (Å²) in [5, 5.41) is 1.15. The highest BCUT2D eigenvalue weighted by atomic mass is 32.1. The smallest absolute Gasteiger partial charge is 0.399 e. The van der Waals surface area contributed by atoms with Crippen LogP contribution >= 0.6 is 11.3 Å². The number of aryl methyl sites for hydroxylation is 1. The molecule has 2 aromatic rings. The molecule has 2 N–H and O–H groups in total. The van der Waals surface area contributed by atoms with E-state index in [1.165, 1.54) is 6.07 Å². The molecule has 1 nitrogen and oxygen atoms in total. The molecule has 98 valence electrons. The number of nitrogen functional groups attached to an aromatic ring is 1. The minimum atomic E-state index is -4.18. The molecule has 0 bridgehead atoms. The number of nitrogens with two attached hydrogens (primary N) is 1. The lowest BCUT2D eigenvalue weighted by Crippen LogP contribution is -2.01. The molecule has 18 heavy (non-hydrogen) atoms. The molecule has 0 radical (unpaired) electrons. The Morgan fingerprint density at radius 1 is 1.17 bits per heavy atom. The van der Waals surface area contributed by atoms with Crippen molar-refractivity contribution in [2.24, 2.45) is 0 Å². The number of para-hydroxylation sites is 1. The Morgan fingerprint density at radius 2 is 1.78 bits per heavy atom. The van der Waals surface area contributed by atoms with E-state index in [2.05, 4.69) is 0 Å². The maximum Gasteiger partial charge on any atom is 0.417 e. The summed E-state index contributed by atoms with van der Waals surface area (Å²) in [5.74, 6) is 0. The van der Waals surface area contributed by atoms with E-state index in [1.807, 2.05) is 37.3 Å². The predicted octanol–water partition coefficient (Wildman–Crippen LogP) is 4.60. The molecule has 1 aromatic heterocycles. The highest BCUT2D eigenvalue weighted by Gasteiger charge is 2.31. The molecule has 5 heteroatoms. The van der Waals surface area contributed by atoms with Crippen molar-refractivity contribution in [2.75, 3.05) is 5.73 Å². The van der Waals surface area contributed by atoms with Crippen LogP contribution < -0.4 is 5.73 Å². The van der Waals surface area contributed by atoms with E-state index in [1.54, 1.807) is 0 Å². The minimum absolute atomic E-state index is 0.528. The molecule has 1 aromatic carbocycles. The molecule has 0 spiro atoms. The summed E-state index contributed by atoms with van der Waals surface area (Å²) in [4.78, 5) is 0.775. The zero-order valence-electron chi connectivity index (χ0n) is 9.87. The Morgan fingerprint density at radius 3 is 2.06 bits per heavy atom. The van der Waals surface area contributed by atoms with Crippen LogP contribution in [0.3, 0.4) is 0 Å². The third-order valence-corrected chi connectivity index (χ3v) is 3.21. The van der Waals surface area contributed by atoms with Crippen molar-refractivity contribution in [3.63, 3.8) is 0 Å². The molecule has 0 saturated heterocycles. The number of hydrogen-bond donors (Lipinski definition) is 1. The molecule has 1 heterocycles. The quantitative estimate of drug-likeness (QED) is 0.755. The molecule has 0 aliphatic rings. The Balaban J connectivity index is 0.000000199. The Labute approximate surface area is 108 Å². The van der Waals surface area contributed by atoms with Gasteiger partial charge >= 0.3 is 6.18 Å². The fraction of sp³-hybridized carbons (Fsp3) is 0.231. The van der Waals surface area contributed by atoms with Gasteiger partial charge < -0.3 is 5.73 Å². The Hall–Kier alpha value is -1.49. The summed E-state index contributed by atoms with van der Waals surface area (Å²) in [6.45, 7) is 1.84. The zero-order chi connectivity index (χ0) is 13.6. The van der Waals surface area contributed by atoms with Gasteiger partial charge in [0, 0.05) is 15.9 Å². The fourth-order valence-corrected chi connectivity index (χ4v) is 2.01. The van der Waals surface area contributed by atoms with E-state index < -0.39 is 11.7 Å². The maximum atomic E-state index is 11.9. The van der Waals surface area contributed by atoms with Gasteiger partial charge in [-0.1, -0.05) is 25.1 Å². The molecular weight excluding hydrogens is 259 g/mol. The summed E-state index contributed by atoms with van der Waals surface area (Å²) >= 11 is 1.16. The second-order valence-corrected chi connectivity index (χ2v) is 4.56. The number of halogens is 3. The largest absolute Gasteiger partial charge is 0.417 e. The van der Waals surface area contributed by atoms with Crippen LogP contribution in [0.25, 0.3) is 0 Å². The monoisotopic (exact) mass is 273 g/mol. The molecule has 0 aliphatic carbocycles. The maximum absolute atomic E-state index is 11.9. The van der Waals surface area contributed by atoms with Gasteiger partial charge in [-0.2, -0.15) is 13.2 Å². The highest BCUT2D eigenvalue weighted by molar-refractivity contribution is 7.10. The van der Waals surface area contributed by atoms with Gasteiger partial charge in [0.25, 0.3) is 0 Å². The van der Waals surface area contributed by atoms with Crippen molar-refractivity contribution >= 4 is 17.0 Å². The van der Waals surface area contributed by atoms with E-state index in [-0.39, 0.29) is 0 Å². The van der Waals surface area contributed by atoms with Gasteiger partial charge in [0.05, 0.1) is 5.56 Å². The van der Waals surface area contributed by atoms with Crippen LogP contribution in [-0.4, -0.2) is 0 Å². The molecular formula is C13H14F3NS. The number of hydrogen-bond acceptors (Lipinski definition) is 2. The van der Waals surface area contributed by atoms with Crippen molar-refractivity contribution in [1.82, 2.24) is 0 Å². The van der Waals surface area contributed by atoms with Crippen LogP contribution in [-0.2, 0) is 12.6 Å². The first-order chi connectivity index (χ1) is 8.43. The highest BCUT2D eigenvalue weighted by Crippen LogP contribution is 2.32. The summed E-state index contributed by atoms with van der Waals surface area (Å²) in [7, 11) is 0. The van der Waals surface area contributed by atoms with Crippen molar-refractivity contribution in [1.29, 1.82) is 0 Å². The topological polar surface area (TPSA) is 26.0 Å². The Bertz CT molecular complexity index is 463. The van der Waals surface area contributed by atoms with Crippen LogP contribution in [0.15, 0.2) is 41.8 Å². The average molecular weight is 273 g/mol. The molecule has 0 atom stereocenters. The van der Waals surface area contributed by atoms with Crippen molar-refractivity contribution in [3.05, 3.63) is 52.2 Å². The van der Waals surface area contributed by atoms with Crippen LogP contribution in [0.5, 0.6) is 0 Å². The lowest BCUT2D eigenvalue weighted by atomic mass is 10.3.